The maximum Gasteiger partial charge on any atom is 0.186 e. The Labute approximate surface area is 100 Å². The second kappa shape index (κ2) is 4.53. The maximum absolute atomic E-state index is 12.1. The molecular formula is C12H16N4O. The van der Waals surface area contributed by atoms with Gasteiger partial charge in [0.25, 0.3) is 0 Å². The summed E-state index contributed by atoms with van der Waals surface area (Å²) in [6.07, 6.45) is 2.99. The van der Waals surface area contributed by atoms with Crippen LogP contribution in [0, 0.1) is 13.8 Å². The monoisotopic (exact) mass is 232 g/mol. The summed E-state index contributed by atoms with van der Waals surface area (Å²) in [5, 5.41) is 3.94. The van der Waals surface area contributed by atoms with Gasteiger partial charge in [0, 0.05) is 23.5 Å². The number of aryl methyl sites for hydroxylation is 1. The first-order valence-electron chi connectivity index (χ1n) is 5.65. The quantitative estimate of drug-likeness (QED) is 0.752. The van der Waals surface area contributed by atoms with Crippen LogP contribution in [0.4, 0.5) is 0 Å². The molecule has 0 unspecified atom stereocenters. The molecule has 90 valence electrons. The third-order valence-corrected chi connectivity index (χ3v) is 2.96. The number of carbonyl (C=O) groups is 1. The van der Waals surface area contributed by atoms with Crippen molar-refractivity contribution in [3.8, 4) is 0 Å². The summed E-state index contributed by atoms with van der Waals surface area (Å²) in [6.45, 7) is 7.20. The highest BCUT2D eigenvalue weighted by Crippen LogP contribution is 2.16. The van der Waals surface area contributed by atoms with Gasteiger partial charge in [-0.25, -0.2) is 9.67 Å². The molecule has 5 nitrogen and oxygen atoms in total. The van der Waals surface area contributed by atoms with E-state index in [2.05, 4.69) is 21.6 Å². The van der Waals surface area contributed by atoms with E-state index in [9.17, 15) is 4.79 Å². The van der Waals surface area contributed by atoms with Gasteiger partial charge in [0.2, 0.25) is 0 Å². The molecule has 0 spiro atoms. The third kappa shape index (κ3) is 2.13. The molecule has 0 aromatic carbocycles. The second-order valence-corrected chi connectivity index (χ2v) is 4.05. The number of ketones is 1. The van der Waals surface area contributed by atoms with Crippen LogP contribution in [-0.4, -0.2) is 25.1 Å². The largest absolute Gasteiger partial charge is 0.349 e. The van der Waals surface area contributed by atoms with E-state index in [4.69, 9.17) is 0 Å². The molecule has 0 radical (unpaired) electrons. The van der Waals surface area contributed by atoms with E-state index in [1.807, 2.05) is 19.9 Å². The van der Waals surface area contributed by atoms with Crippen molar-refractivity contribution in [2.24, 2.45) is 0 Å². The van der Waals surface area contributed by atoms with Crippen LogP contribution in [0.25, 0.3) is 0 Å². The number of Topliss-reactive ketones (excluding diaryl/α,β-unsaturated/α-hetero) is 1. The molecule has 0 aliphatic heterocycles. The Kier molecular flexibility index (Phi) is 3.08. The van der Waals surface area contributed by atoms with Crippen molar-refractivity contribution in [2.75, 3.05) is 0 Å². The Morgan fingerprint density at radius 2 is 2.18 bits per heavy atom. The van der Waals surface area contributed by atoms with Crippen molar-refractivity contribution in [3.05, 3.63) is 35.7 Å². The van der Waals surface area contributed by atoms with E-state index in [-0.39, 0.29) is 12.3 Å². The Bertz CT molecular complexity index is 525. The minimum Gasteiger partial charge on any atom is -0.349 e. The van der Waals surface area contributed by atoms with Gasteiger partial charge in [0.1, 0.15) is 19.2 Å². The predicted octanol–water partition coefficient (Wildman–Crippen LogP) is 1.60. The molecule has 0 N–H and O–H groups in total. The lowest BCUT2D eigenvalue weighted by Crippen LogP contribution is -2.12. The van der Waals surface area contributed by atoms with E-state index in [0.717, 1.165) is 23.5 Å². The molecule has 0 aliphatic carbocycles. The van der Waals surface area contributed by atoms with Crippen LogP contribution in [0.15, 0.2) is 18.7 Å². The lowest BCUT2D eigenvalue weighted by molar-refractivity contribution is 0.0967. The van der Waals surface area contributed by atoms with Gasteiger partial charge in [-0.1, -0.05) is 0 Å². The first kappa shape index (κ1) is 11.6. The van der Waals surface area contributed by atoms with Gasteiger partial charge in [-0.05, 0) is 26.8 Å². The summed E-state index contributed by atoms with van der Waals surface area (Å²) in [5.74, 6) is 0.0725. The number of hydrogen-bond donors (Lipinski definition) is 0. The normalized spacial score (nSPS) is 10.8. The molecule has 17 heavy (non-hydrogen) atoms. The van der Waals surface area contributed by atoms with Gasteiger partial charge in [-0.2, -0.15) is 5.10 Å². The Hall–Kier alpha value is -1.91. The molecule has 0 saturated carbocycles. The molecule has 0 aliphatic rings. The molecule has 2 heterocycles. The number of carbonyl (C=O) groups excluding carboxylic acids is 1. The molecule has 2 aromatic heterocycles. The van der Waals surface area contributed by atoms with E-state index >= 15 is 0 Å². The maximum atomic E-state index is 12.1. The molecule has 0 fully saturated rings. The number of rotatable bonds is 4. The van der Waals surface area contributed by atoms with Crippen LogP contribution < -0.4 is 0 Å². The molecule has 0 saturated heterocycles. The van der Waals surface area contributed by atoms with Crippen LogP contribution in [0.3, 0.4) is 0 Å². The highest BCUT2D eigenvalue weighted by atomic mass is 16.1. The Balaban J connectivity index is 2.25. The van der Waals surface area contributed by atoms with Crippen molar-refractivity contribution in [1.29, 1.82) is 0 Å². The number of nitrogens with zero attached hydrogens (tertiary/aromatic N) is 4. The molecule has 0 atom stereocenters. The van der Waals surface area contributed by atoms with Crippen LogP contribution in [0.2, 0.25) is 0 Å². The zero-order valence-electron chi connectivity index (χ0n) is 10.3. The van der Waals surface area contributed by atoms with Crippen LogP contribution in [0.1, 0.15) is 28.7 Å². The highest BCUT2D eigenvalue weighted by Gasteiger charge is 2.15. The van der Waals surface area contributed by atoms with Gasteiger partial charge < -0.3 is 4.57 Å². The smallest absolute Gasteiger partial charge is 0.186 e. The lowest BCUT2D eigenvalue weighted by atomic mass is 10.1. The fourth-order valence-electron chi connectivity index (χ4n) is 2.12. The summed E-state index contributed by atoms with van der Waals surface area (Å²) in [5.41, 5.74) is 2.92. The van der Waals surface area contributed by atoms with E-state index < -0.39 is 0 Å². The van der Waals surface area contributed by atoms with Crippen molar-refractivity contribution in [2.45, 2.75) is 33.9 Å². The first-order valence-corrected chi connectivity index (χ1v) is 5.65. The summed E-state index contributed by atoms with van der Waals surface area (Å²) in [7, 11) is 0. The standard InChI is InChI=1S/C12H16N4O/c1-4-16-9(2)5-11(10(16)3)12(17)6-15-8-13-7-14-15/h5,7-8H,4,6H2,1-3H3. The summed E-state index contributed by atoms with van der Waals surface area (Å²) >= 11 is 0. The Morgan fingerprint density at radius 3 is 2.71 bits per heavy atom. The van der Waals surface area contributed by atoms with Crippen LogP contribution in [-0.2, 0) is 13.1 Å². The lowest BCUT2D eigenvalue weighted by Gasteiger charge is -2.05. The molecule has 0 bridgehead atoms. The number of hydrogen-bond acceptors (Lipinski definition) is 3. The summed E-state index contributed by atoms with van der Waals surface area (Å²) in [4.78, 5) is 15.9. The van der Waals surface area contributed by atoms with Gasteiger partial charge >= 0.3 is 0 Å². The fraction of sp³-hybridized carbons (Fsp3) is 0.417. The van der Waals surface area contributed by atoms with Crippen molar-refractivity contribution in [3.63, 3.8) is 0 Å². The second-order valence-electron chi connectivity index (χ2n) is 4.05. The highest BCUT2D eigenvalue weighted by molar-refractivity contribution is 5.97. The van der Waals surface area contributed by atoms with Gasteiger partial charge in [0.05, 0.1) is 0 Å². The Morgan fingerprint density at radius 1 is 1.41 bits per heavy atom. The van der Waals surface area contributed by atoms with E-state index in [0.29, 0.717) is 0 Å². The van der Waals surface area contributed by atoms with Crippen molar-refractivity contribution < 1.29 is 4.79 Å². The zero-order valence-corrected chi connectivity index (χ0v) is 10.3. The van der Waals surface area contributed by atoms with E-state index in [1.165, 1.54) is 6.33 Å². The summed E-state index contributed by atoms with van der Waals surface area (Å²) < 4.78 is 3.68. The number of aromatic nitrogens is 4. The minimum atomic E-state index is 0.0725. The molecule has 0 amide bonds. The fourth-order valence-corrected chi connectivity index (χ4v) is 2.12. The SMILES string of the molecule is CCn1c(C)cc(C(=O)Cn2cncn2)c1C. The average Bonchev–Trinajstić information content (AvgIpc) is 2.87. The van der Waals surface area contributed by atoms with Gasteiger partial charge in [-0.15, -0.1) is 0 Å². The summed E-state index contributed by atoms with van der Waals surface area (Å²) in [6, 6.07) is 1.94. The topological polar surface area (TPSA) is 52.7 Å². The molecular weight excluding hydrogens is 216 g/mol. The molecule has 5 heteroatoms. The zero-order chi connectivity index (χ0) is 12.4. The average molecular weight is 232 g/mol. The minimum absolute atomic E-state index is 0.0725. The predicted molar refractivity (Wildman–Crippen MR) is 63.9 cm³/mol. The molecule has 2 aromatic rings. The van der Waals surface area contributed by atoms with Gasteiger partial charge in [0.15, 0.2) is 5.78 Å². The first-order chi connectivity index (χ1) is 8.13. The van der Waals surface area contributed by atoms with Crippen LogP contribution >= 0.6 is 0 Å². The third-order valence-electron chi connectivity index (χ3n) is 2.96. The van der Waals surface area contributed by atoms with Crippen LogP contribution in [0.5, 0.6) is 0 Å². The van der Waals surface area contributed by atoms with Crippen molar-refractivity contribution in [1.82, 2.24) is 19.3 Å². The van der Waals surface area contributed by atoms with Gasteiger partial charge in [-0.3, -0.25) is 4.79 Å². The molecule has 2 rings (SSSR count). The van der Waals surface area contributed by atoms with Crippen molar-refractivity contribution >= 4 is 5.78 Å². The van der Waals surface area contributed by atoms with E-state index in [1.54, 1.807) is 11.0 Å².